The van der Waals surface area contributed by atoms with Crippen LogP contribution < -0.4 is 30.7 Å². The maximum atomic E-state index is 15.0. The molecule has 1 saturated heterocycles. The fourth-order valence-electron chi connectivity index (χ4n) is 4.51. The van der Waals surface area contributed by atoms with E-state index < -0.39 is 29.5 Å². The number of alkyl halides is 3. The number of hydrogen-bond donors (Lipinski definition) is 3. The van der Waals surface area contributed by atoms with Gasteiger partial charge in [0.2, 0.25) is 5.91 Å². The monoisotopic (exact) mass is 589 g/mol. The number of aromatic nitrogens is 2. The van der Waals surface area contributed by atoms with E-state index in [9.17, 15) is 22.4 Å². The molecule has 1 atom stereocenters. The van der Waals surface area contributed by atoms with E-state index >= 15 is 0 Å². The molecule has 1 aromatic heterocycles. The molecule has 4 rings (SSSR count). The Labute approximate surface area is 240 Å². The third kappa shape index (κ3) is 6.71. The highest BCUT2D eigenvalue weighted by molar-refractivity contribution is 6.02. The summed E-state index contributed by atoms with van der Waals surface area (Å²) in [5.41, 5.74) is 0.137. The van der Waals surface area contributed by atoms with Crippen molar-refractivity contribution >= 4 is 34.6 Å². The minimum absolute atomic E-state index is 0.149. The third-order valence-corrected chi connectivity index (χ3v) is 6.61. The number of carbonyl (C=O) groups is 1. The van der Waals surface area contributed by atoms with Crippen molar-refractivity contribution in [2.24, 2.45) is 0 Å². The van der Waals surface area contributed by atoms with E-state index in [-0.39, 0.29) is 30.2 Å². The van der Waals surface area contributed by atoms with E-state index in [1.165, 1.54) is 36.7 Å². The number of rotatable bonds is 11. The molecule has 0 spiro atoms. The number of likely N-dealkylation sites (N-methyl/N-ethyl adjacent to an activating group) is 2. The molecule has 3 N–H and O–H groups in total. The summed E-state index contributed by atoms with van der Waals surface area (Å²) in [6, 6.07) is 7.27. The van der Waals surface area contributed by atoms with E-state index in [0.717, 1.165) is 6.08 Å². The fourth-order valence-corrected chi connectivity index (χ4v) is 4.51. The average Bonchev–Trinajstić information content (AvgIpc) is 3.45. The third-order valence-electron chi connectivity index (χ3n) is 6.61. The van der Waals surface area contributed by atoms with E-state index in [1.54, 1.807) is 12.1 Å². The maximum Gasteiger partial charge on any atom is 0.419 e. The number of benzene rings is 2. The molecular formula is C28H31F4N7O3. The van der Waals surface area contributed by atoms with Gasteiger partial charge in [-0.2, -0.15) is 13.2 Å². The molecule has 0 bridgehead atoms. The number of methoxy groups -OCH3 is 1. The van der Waals surface area contributed by atoms with Gasteiger partial charge >= 0.3 is 6.18 Å². The molecule has 10 nitrogen and oxygen atoms in total. The molecule has 1 aliphatic rings. The summed E-state index contributed by atoms with van der Waals surface area (Å²) in [5.74, 6) is -0.822. The van der Waals surface area contributed by atoms with Crippen LogP contribution in [-0.2, 0) is 15.8 Å². The number of nitrogens with one attached hydrogen (secondary N) is 3. The van der Waals surface area contributed by atoms with Gasteiger partial charge in [0, 0.05) is 44.3 Å². The van der Waals surface area contributed by atoms with Crippen molar-refractivity contribution in [2.75, 3.05) is 61.5 Å². The zero-order chi connectivity index (χ0) is 30.4. The largest absolute Gasteiger partial charge is 0.494 e. The van der Waals surface area contributed by atoms with Gasteiger partial charge < -0.3 is 25.6 Å². The van der Waals surface area contributed by atoms with E-state index in [2.05, 4.69) is 32.5 Å². The van der Waals surface area contributed by atoms with Gasteiger partial charge in [0.1, 0.15) is 23.7 Å². The number of amides is 1. The summed E-state index contributed by atoms with van der Waals surface area (Å²) >= 11 is 0. The van der Waals surface area contributed by atoms with Crippen molar-refractivity contribution in [3.8, 4) is 5.75 Å². The molecule has 224 valence electrons. The number of carbonyl (C=O) groups excluding carboxylic acids is 1. The maximum absolute atomic E-state index is 15.0. The Bertz CT molecular complexity index is 1440. The van der Waals surface area contributed by atoms with Crippen molar-refractivity contribution in [3.63, 3.8) is 0 Å². The van der Waals surface area contributed by atoms with Gasteiger partial charge in [0.05, 0.1) is 42.4 Å². The number of nitrogens with zero attached hydrogens (tertiary/aromatic N) is 4. The highest BCUT2D eigenvalue weighted by Gasteiger charge is 2.38. The zero-order valence-electron chi connectivity index (χ0n) is 23.3. The molecule has 0 saturated carbocycles. The van der Waals surface area contributed by atoms with Gasteiger partial charge in [-0.15, -0.1) is 0 Å². The average molecular weight is 590 g/mol. The molecule has 3 aromatic rings. The van der Waals surface area contributed by atoms with Gasteiger partial charge in [0.15, 0.2) is 5.82 Å². The Kier molecular flexibility index (Phi) is 9.48. The van der Waals surface area contributed by atoms with Crippen LogP contribution in [-0.4, -0.2) is 56.8 Å². The van der Waals surface area contributed by atoms with Gasteiger partial charge in [-0.3, -0.25) is 9.63 Å². The SMILES string of the molecule is C=CC(=O)Nc1cc(Nc2cc(N3OCC[C@@H]3c3cccc(C(F)(F)F)c3F)ncn2)c(OC)cc1N(C)CCNC. The second-order valence-corrected chi connectivity index (χ2v) is 9.34. The van der Waals surface area contributed by atoms with Gasteiger partial charge in [-0.1, -0.05) is 18.7 Å². The fraction of sp³-hybridized carbons (Fsp3) is 0.321. The quantitative estimate of drug-likeness (QED) is 0.209. The van der Waals surface area contributed by atoms with Crippen LogP contribution in [0.5, 0.6) is 5.75 Å². The summed E-state index contributed by atoms with van der Waals surface area (Å²) in [5, 5.41) is 10.3. The Hall–Kier alpha value is -4.43. The number of ether oxygens (including phenoxy) is 1. The van der Waals surface area contributed by atoms with Crippen LogP contribution in [0.2, 0.25) is 0 Å². The minimum atomic E-state index is -4.84. The molecule has 14 heteroatoms. The standard InChI is InChI=1S/C28H31F4N7O3/c1-5-26(40)37-19-13-20(23(41-4)14-22(19)38(3)11-10-33-2)36-24-15-25(35-16-34-24)39-21(9-12-42-39)17-7-6-8-18(27(17)29)28(30,31)32/h5-8,13-16,21,33H,1,9-12H2,2-4H3,(H,37,40)(H,34,35,36)/t21-/m1/s1. The topological polar surface area (TPSA) is 104 Å². The second-order valence-electron chi connectivity index (χ2n) is 9.34. The lowest BCUT2D eigenvalue weighted by Crippen LogP contribution is -2.28. The van der Waals surface area contributed by atoms with Crippen LogP contribution in [0.15, 0.2) is 55.4 Å². The number of anilines is 5. The molecule has 2 heterocycles. The van der Waals surface area contributed by atoms with Crippen LogP contribution >= 0.6 is 0 Å². The van der Waals surface area contributed by atoms with Crippen molar-refractivity contribution < 1.29 is 31.9 Å². The van der Waals surface area contributed by atoms with Gasteiger partial charge in [-0.25, -0.2) is 19.4 Å². The first kappa shape index (κ1) is 30.5. The van der Waals surface area contributed by atoms with E-state index in [0.29, 0.717) is 42.0 Å². The van der Waals surface area contributed by atoms with Gasteiger partial charge in [0.25, 0.3) is 0 Å². The van der Waals surface area contributed by atoms with Crippen LogP contribution in [0.3, 0.4) is 0 Å². The second kappa shape index (κ2) is 13.0. The molecule has 0 radical (unpaired) electrons. The van der Waals surface area contributed by atoms with Crippen LogP contribution in [0.1, 0.15) is 23.6 Å². The molecule has 1 fully saturated rings. The molecule has 1 amide bonds. The molecule has 0 aliphatic carbocycles. The predicted molar refractivity (Wildman–Crippen MR) is 152 cm³/mol. The molecule has 0 unspecified atom stereocenters. The van der Waals surface area contributed by atoms with Crippen LogP contribution in [0.25, 0.3) is 0 Å². The number of hydrogen-bond acceptors (Lipinski definition) is 9. The summed E-state index contributed by atoms with van der Waals surface area (Å²) in [7, 11) is 5.21. The predicted octanol–water partition coefficient (Wildman–Crippen LogP) is 5.05. The summed E-state index contributed by atoms with van der Waals surface area (Å²) in [6.07, 6.45) is -2.19. The van der Waals surface area contributed by atoms with Gasteiger partial charge in [-0.05, 0) is 25.3 Å². The number of halogens is 4. The Morgan fingerprint density at radius 1 is 1.26 bits per heavy atom. The van der Waals surface area contributed by atoms with Crippen molar-refractivity contribution in [1.82, 2.24) is 15.3 Å². The molecular weight excluding hydrogens is 558 g/mol. The lowest BCUT2D eigenvalue weighted by atomic mass is 10.0. The zero-order valence-corrected chi connectivity index (χ0v) is 23.3. The summed E-state index contributed by atoms with van der Waals surface area (Å²) in [6.45, 7) is 5.00. The lowest BCUT2D eigenvalue weighted by molar-refractivity contribution is -0.140. The van der Waals surface area contributed by atoms with Crippen LogP contribution in [0, 0.1) is 5.82 Å². The summed E-state index contributed by atoms with van der Waals surface area (Å²) in [4.78, 5) is 28.3. The lowest BCUT2D eigenvalue weighted by Gasteiger charge is -2.26. The normalized spacial score (nSPS) is 14.9. The Balaban J connectivity index is 1.66. The van der Waals surface area contributed by atoms with E-state index in [4.69, 9.17) is 9.57 Å². The smallest absolute Gasteiger partial charge is 0.419 e. The highest BCUT2D eigenvalue weighted by atomic mass is 19.4. The Morgan fingerprint density at radius 2 is 2.05 bits per heavy atom. The minimum Gasteiger partial charge on any atom is -0.494 e. The highest BCUT2D eigenvalue weighted by Crippen LogP contribution is 2.41. The first-order valence-corrected chi connectivity index (χ1v) is 12.9. The summed E-state index contributed by atoms with van der Waals surface area (Å²) < 4.78 is 60.6. The van der Waals surface area contributed by atoms with Crippen molar-refractivity contribution in [2.45, 2.75) is 18.6 Å². The number of hydroxylamine groups is 1. The first-order chi connectivity index (χ1) is 20.1. The van der Waals surface area contributed by atoms with Crippen molar-refractivity contribution in [1.29, 1.82) is 0 Å². The van der Waals surface area contributed by atoms with Crippen LogP contribution in [0.4, 0.5) is 46.3 Å². The Morgan fingerprint density at radius 3 is 2.74 bits per heavy atom. The molecule has 1 aliphatic heterocycles. The molecule has 2 aromatic carbocycles. The van der Waals surface area contributed by atoms with Crippen molar-refractivity contribution in [3.05, 3.63) is 72.3 Å². The first-order valence-electron chi connectivity index (χ1n) is 12.9. The molecule has 42 heavy (non-hydrogen) atoms. The van der Waals surface area contributed by atoms with E-state index in [1.807, 2.05) is 19.0 Å².